The largest absolute Gasteiger partial charge is 0.388 e. The Morgan fingerprint density at radius 2 is 2.00 bits per heavy atom. The SMILES string of the molecule is Cc1cc(C)n(CC(C)CNC(=O)CC(O)c2ccccc2)n1. The number of aliphatic hydroxyl groups is 1. The van der Waals surface area contributed by atoms with Crippen LogP contribution in [0.2, 0.25) is 0 Å². The molecule has 1 amide bonds. The van der Waals surface area contributed by atoms with E-state index in [4.69, 9.17) is 0 Å². The summed E-state index contributed by atoms with van der Waals surface area (Å²) < 4.78 is 1.96. The van der Waals surface area contributed by atoms with Crippen LogP contribution in [0.25, 0.3) is 0 Å². The molecule has 0 spiro atoms. The molecule has 2 rings (SSSR count). The highest BCUT2D eigenvalue weighted by atomic mass is 16.3. The number of carbonyl (C=O) groups excluding carboxylic acids is 1. The van der Waals surface area contributed by atoms with E-state index < -0.39 is 6.10 Å². The lowest BCUT2D eigenvalue weighted by Gasteiger charge is -2.15. The van der Waals surface area contributed by atoms with Crippen LogP contribution in [-0.2, 0) is 11.3 Å². The number of carbonyl (C=O) groups is 1. The van der Waals surface area contributed by atoms with E-state index in [1.54, 1.807) is 0 Å². The fourth-order valence-corrected chi connectivity index (χ4v) is 2.55. The molecule has 5 nitrogen and oxygen atoms in total. The maximum atomic E-state index is 12.0. The molecule has 0 radical (unpaired) electrons. The van der Waals surface area contributed by atoms with Crippen LogP contribution in [0.3, 0.4) is 0 Å². The summed E-state index contributed by atoms with van der Waals surface area (Å²) in [4.78, 5) is 12.0. The maximum absolute atomic E-state index is 12.0. The van der Waals surface area contributed by atoms with Crippen molar-refractivity contribution in [3.8, 4) is 0 Å². The van der Waals surface area contributed by atoms with Gasteiger partial charge in [0, 0.05) is 18.8 Å². The average molecular weight is 315 g/mol. The van der Waals surface area contributed by atoms with Crippen LogP contribution < -0.4 is 5.32 Å². The lowest BCUT2D eigenvalue weighted by molar-refractivity contribution is -0.123. The van der Waals surface area contributed by atoms with Crippen molar-refractivity contribution in [2.45, 2.75) is 39.8 Å². The Kier molecular flexibility index (Phi) is 5.93. The van der Waals surface area contributed by atoms with Crippen molar-refractivity contribution >= 4 is 5.91 Å². The highest BCUT2D eigenvalue weighted by Crippen LogP contribution is 2.15. The fourth-order valence-electron chi connectivity index (χ4n) is 2.55. The van der Waals surface area contributed by atoms with Crippen molar-refractivity contribution in [1.29, 1.82) is 0 Å². The lowest BCUT2D eigenvalue weighted by atomic mass is 10.1. The fraction of sp³-hybridized carbons (Fsp3) is 0.444. The second-order valence-corrected chi connectivity index (χ2v) is 6.15. The van der Waals surface area contributed by atoms with Gasteiger partial charge < -0.3 is 10.4 Å². The third kappa shape index (κ3) is 5.21. The van der Waals surface area contributed by atoms with Gasteiger partial charge in [-0.05, 0) is 31.4 Å². The Labute approximate surface area is 137 Å². The minimum Gasteiger partial charge on any atom is -0.388 e. The Morgan fingerprint density at radius 1 is 1.30 bits per heavy atom. The van der Waals surface area contributed by atoms with Crippen molar-refractivity contribution in [2.24, 2.45) is 5.92 Å². The molecule has 2 unspecified atom stereocenters. The van der Waals surface area contributed by atoms with Gasteiger partial charge in [0.15, 0.2) is 0 Å². The standard InChI is InChI=1S/C18H25N3O2/c1-13(12-21-15(3)9-14(2)20-21)11-19-18(23)10-17(22)16-7-5-4-6-8-16/h4-9,13,17,22H,10-12H2,1-3H3,(H,19,23). The second kappa shape index (κ2) is 7.92. The number of hydrogen-bond donors (Lipinski definition) is 2. The Bertz CT molecular complexity index is 637. The summed E-state index contributed by atoms with van der Waals surface area (Å²) in [6.07, 6.45) is -0.682. The van der Waals surface area contributed by atoms with E-state index in [2.05, 4.69) is 17.3 Å². The van der Waals surface area contributed by atoms with E-state index in [0.29, 0.717) is 6.54 Å². The van der Waals surface area contributed by atoms with Crippen LogP contribution >= 0.6 is 0 Å². The van der Waals surface area contributed by atoms with Gasteiger partial charge in [0.1, 0.15) is 0 Å². The number of nitrogens with one attached hydrogen (secondary N) is 1. The normalized spacial score (nSPS) is 13.6. The molecule has 124 valence electrons. The van der Waals surface area contributed by atoms with E-state index >= 15 is 0 Å². The Hall–Kier alpha value is -2.14. The third-order valence-corrected chi connectivity index (χ3v) is 3.80. The van der Waals surface area contributed by atoms with Crippen LogP contribution in [-0.4, -0.2) is 27.3 Å². The van der Waals surface area contributed by atoms with Crippen molar-refractivity contribution in [1.82, 2.24) is 15.1 Å². The zero-order chi connectivity index (χ0) is 16.8. The number of aryl methyl sites for hydroxylation is 2. The van der Waals surface area contributed by atoms with Crippen LogP contribution in [0.1, 0.15) is 36.4 Å². The molecular formula is C18H25N3O2. The molecular weight excluding hydrogens is 290 g/mol. The first-order valence-corrected chi connectivity index (χ1v) is 7.96. The summed E-state index contributed by atoms with van der Waals surface area (Å²) in [7, 11) is 0. The first kappa shape index (κ1) is 17.2. The Balaban J connectivity index is 1.76. The van der Waals surface area contributed by atoms with Crippen LogP contribution in [0.15, 0.2) is 36.4 Å². The topological polar surface area (TPSA) is 67.2 Å². The van der Waals surface area contributed by atoms with Crippen LogP contribution in [0, 0.1) is 19.8 Å². The van der Waals surface area contributed by atoms with Gasteiger partial charge in [-0.1, -0.05) is 37.3 Å². The monoisotopic (exact) mass is 315 g/mol. The molecule has 0 aliphatic heterocycles. The molecule has 0 saturated carbocycles. The number of nitrogens with zero attached hydrogens (tertiary/aromatic N) is 2. The van der Waals surface area contributed by atoms with Gasteiger partial charge >= 0.3 is 0 Å². The number of hydrogen-bond acceptors (Lipinski definition) is 3. The summed E-state index contributed by atoms with van der Waals surface area (Å²) >= 11 is 0. The molecule has 0 saturated heterocycles. The molecule has 0 bridgehead atoms. The number of aliphatic hydroxyl groups excluding tert-OH is 1. The van der Waals surface area contributed by atoms with Gasteiger partial charge in [0.05, 0.1) is 18.2 Å². The van der Waals surface area contributed by atoms with Crippen LogP contribution in [0.5, 0.6) is 0 Å². The molecule has 5 heteroatoms. The average Bonchev–Trinajstić information content (AvgIpc) is 2.83. The van der Waals surface area contributed by atoms with E-state index in [1.165, 1.54) is 0 Å². The summed E-state index contributed by atoms with van der Waals surface area (Å²) in [5, 5.41) is 17.4. The minimum absolute atomic E-state index is 0.0800. The van der Waals surface area contributed by atoms with Crippen molar-refractivity contribution in [2.75, 3.05) is 6.54 Å². The zero-order valence-electron chi connectivity index (χ0n) is 14.0. The van der Waals surface area contributed by atoms with Gasteiger partial charge in [0.2, 0.25) is 5.91 Å². The molecule has 2 N–H and O–H groups in total. The summed E-state index contributed by atoms with van der Waals surface area (Å²) in [6.45, 7) is 7.41. The molecule has 1 aromatic heterocycles. The minimum atomic E-state index is -0.762. The quantitative estimate of drug-likeness (QED) is 0.824. The maximum Gasteiger partial charge on any atom is 0.222 e. The van der Waals surface area contributed by atoms with Crippen molar-refractivity contribution in [3.63, 3.8) is 0 Å². The van der Waals surface area contributed by atoms with Gasteiger partial charge in [0.25, 0.3) is 0 Å². The molecule has 1 aromatic carbocycles. The van der Waals surface area contributed by atoms with E-state index in [1.807, 2.05) is 54.9 Å². The zero-order valence-corrected chi connectivity index (χ0v) is 14.0. The summed E-state index contributed by atoms with van der Waals surface area (Å²) in [5.41, 5.74) is 2.89. The molecule has 0 aliphatic carbocycles. The van der Waals surface area contributed by atoms with Crippen molar-refractivity contribution in [3.05, 3.63) is 53.3 Å². The van der Waals surface area contributed by atoms with Gasteiger partial charge in [-0.15, -0.1) is 0 Å². The van der Waals surface area contributed by atoms with E-state index in [0.717, 1.165) is 23.5 Å². The first-order chi connectivity index (χ1) is 11.0. The highest BCUT2D eigenvalue weighted by molar-refractivity contribution is 5.76. The van der Waals surface area contributed by atoms with Gasteiger partial charge in [-0.2, -0.15) is 5.10 Å². The number of amides is 1. The smallest absolute Gasteiger partial charge is 0.222 e. The second-order valence-electron chi connectivity index (χ2n) is 6.15. The van der Waals surface area contributed by atoms with E-state index in [-0.39, 0.29) is 18.2 Å². The van der Waals surface area contributed by atoms with Crippen molar-refractivity contribution < 1.29 is 9.90 Å². The molecule has 1 heterocycles. The predicted molar refractivity (Wildman–Crippen MR) is 89.9 cm³/mol. The number of benzene rings is 1. The highest BCUT2D eigenvalue weighted by Gasteiger charge is 2.14. The molecule has 0 aliphatic rings. The summed E-state index contributed by atoms with van der Waals surface area (Å²) in [5.74, 6) is 0.132. The summed E-state index contributed by atoms with van der Waals surface area (Å²) in [6, 6.07) is 11.3. The third-order valence-electron chi connectivity index (χ3n) is 3.80. The van der Waals surface area contributed by atoms with Crippen LogP contribution in [0.4, 0.5) is 0 Å². The first-order valence-electron chi connectivity index (χ1n) is 7.96. The molecule has 23 heavy (non-hydrogen) atoms. The molecule has 2 aromatic rings. The van der Waals surface area contributed by atoms with Gasteiger partial charge in [-0.25, -0.2) is 0 Å². The van der Waals surface area contributed by atoms with Gasteiger partial charge in [-0.3, -0.25) is 9.48 Å². The predicted octanol–water partition coefficient (Wildman–Crippen LogP) is 2.38. The lowest BCUT2D eigenvalue weighted by Crippen LogP contribution is -2.31. The number of aromatic nitrogens is 2. The molecule has 2 atom stereocenters. The Morgan fingerprint density at radius 3 is 2.61 bits per heavy atom. The van der Waals surface area contributed by atoms with E-state index in [9.17, 15) is 9.90 Å². The number of rotatable bonds is 7. The molecule has 0 fully saturated rings.